The number of aliphatic hydroxyl groups excluding tert-OH is 1. The van der Waals surface area contributed by atoms with Gasteiger partial charge in [-0.05, 0) is 18.2 Å². The van der Waals surface area contributed by atoms with Gasteiger partial charge in [0.2, 0.25) is 0 Å². The van der Waals surface area contributed by atoms with Gasteiger partial charge in [-0.3, -0.25) is 4.90 Å². The molecule has 2 N–H and O–H groups in total. The average Bonchev–Trinajstić information content (AvgIpc) is 2.41. The highest BCUT2D eigenvalue weighted by molar-refractivity contribution is 9.10. The molecule has 1 fully saturated rings. The van der Waals surface area contributed by atoms with Gasteiger partial charge in [-0.2, -0.15) is 0 Å². The summed E-state index contributed by atoms with van der Waals surface area (Å²) in [7, 11) is 0. The topological polar surface area (TPSA) is 44.7 Å². The molecule has 4 nitrogen and oxygen atoms in total. The van der Waals surface area contributed by atoms with Gasteiger partial charge >= 0.3 is 0 Å². The van der Waals surface area contributed by atoms with Crippen molar-refractivity contribution in [1.29, 1.82) is 0 Å². The van der Waals surface area contributed by atoms with E-state index in [2.05, 4.69) is 26.1 Å². The van der Waals surface area contributed by atoms with Gasteiger partial charge in [-0.1, -0.05) is 27.5 Å². The van der Waals surface area contributed by atoms with Gasteiger partial charge in [-0.15, -0.1) is 0 Å². The number of rotatable bonds is 5. The number of hydrogen-bond acceptors (Lipinski definition) is 4. The van der Waals surface area contributed by atoms with Crippen molar-refractivity contribution in [2.24, 2.45) is 0 Å². The number of nitrogens with zero attached hydrogens (tertiary/aromatic N) is 1. The summed E-state index contributed by atoms with van der Waals surface area (Å²) in [6.45, 7) is 4.77. The fourth-order valence-corrected chi connectivity index (χ4v) is 2.53. The summed E-state index contributed by atoms with van der Waals surface area (Å²) in [4.78, 5) is 2.23. The normalized spacial score (nSPS) is 18.3. The molecule has 1 saturated heterocycles. The molecular formula is C13H18BrClN2O2. The van der Waals surface area contributed by atoms with Gasteiger partial charge in [0.25, 0.3) is 0 Å². The molecule has 1 unspecified atom stereocenters. The zero-order valence-corrected chi connectivity index (χ0v) is 13.0. The van der Waals surface area contributed by atoms with Gasteiger partial charge < -0.3 is 15.2 Å². The van der Waals surface area contributed by atoms with Crippen molar-refractivity contribution in [1.82, 2.24) is 10.2 Å². The Labute approximate surface area is 126 Å². The Hall–Kier alpha value is -0.330. The van der Waals surface area contributed by atoms with Crippen LogP contribution in [0.25, 0.3) is 0 Å². The van der Waals surface area contributed by atoms with Crippen LogP contribution >= 0.6 is 27.5 Å². The van der Waals surface area contributed by atoms with Crippen LogP contribution in [0.4, 0.5) is 0 Å². The fraction of sp³-hybridized carbons (Fsp3) is 0.538. The number of hydrogen-bond donors (Lipinski definition) is 2. The predicted octanol–water partition coefficient (Wildman–Crippen LogP) is 1.75. The molecule has 0 spiro atoms. The van der Waals surface area contributed by atoms with E-state index in [1.807, 2.05) is 6.07 Å². The molecular weight excluding hydrogens is 332 g/mol. The summed E-state index contributed by atoms with van der Waals surface area (Å²) in [5, 5.41) is 13.8. The summed E-state index contributed by atoms with van der Waals surface area (Å²) in [5.74, 6) is 0.593. The molecule has 0 saturated carbocycles. The van der Waals surface area contributed by atoms with Crippen LogP contribution in [0.5, 0.6) is 5.75 Å². The van der Waals surface area contributed by atoms with Crippen molar-refractivity contribution in [3.05, 3.63) is 27.7 Å². The lowest BCUT2D eigenvalue weighted by Crippen LogP contribution is -2.47. The number of benzene rings is 1. The molecule has 1 aliphatic heterocycles. The van der Waals surface area contributed by atoms with E-state index in [-0.39, 0.29) is 6.61 Å². The summed E-state index contributed by atoms with van der Waals surface area (Å²) in [6, 6.07) is 5.43. The van der Waals surface area contributed by atoms with E-state index in [0.29, 0.717) is 17.3 Å². The van der Waals surface area contributed by atoms with Crippen LogP contribution in [0.3, 0.4) is 0 Å². The molecule has 1 heterocycles. The second-order valence-corrected chi connectivity index (χ2v) is 5.91. The minimum Gasteiger partial charge on any atom is -0.489 e. The third-order valence-corrected chi connectivity index (χ3v) is 3.81. The number of aliphatic hydroxyl groups is 1. The monoisotopic (exact) mass is 348 g/mol. The highest BCUT2D eigenvalue weighted by atomic mass is 79.9. The molecule has 19 heavy (non-hydrogen) atoms. The van der Waals surface area contributed by atoms with E-state index >= 15 is 0 Å². The maximum Gasteiger partial charge on any atom is 0.139 e. The Morgan fingerprint density at radius 2 is 2.16 bits per heavy atom. The van der Waals surface area contributed by atoms with E-state index in [1.165, 1.54) is 0 Å². The van der Waals surface area contributed by atoms with Crippen LogP contribution in [0.2, 0.25) is 5.02 Å². The Balaban J connectivity index is 1.79. The maximum atomic E-state index is 9.98. The van der Waals surface area contributed by atoms with E-state index in [4.69, 9.17) is 16.3 Å². The largest absolute Gasteiger partial charge is 0.489 e. The van der Waals surface area contributed by atoms with Crippen LogP contribution < -0.4 is 10.1 Å². The van der Waals surface area contributed by atoms with Gasteiger partial charge in [0, 0.05) is 37.2 Å². The van der Waals surface area contributed by atoms with Crippen LogP contribution in [0.15, 0.2) is 22.7 Å². The Morgan fingerprint density at radius 1 is 1.42 bits per heavy atom. The predicted molar refractivity (Wildman–Crippen MR) is 80.0 cm³/mol. The highest BCUT2D eigenvalue weighted by Crippen LogP contribution is 2.27. The number of piperazine rings is 1. The fourth-order valence-electron chi connectivity index (χ4n) is 2.02. The number of β-amino-alcohol motifs (C(OH)–C–C–N with tert-alkyl or cyclic N) is 1. The first-order valence-electron chi connectivity index (χ1n) is 6.34. The Kier molecular flexibility index (Phi) is 5.91. The number of ether oxygens (including phenoxy) is 1. The summed E-state index contributed by atoms with van der Waals surface area (Å²) in [6.07, 6.45) is -0.506. The van der Waals surface area contributed by atoms with Gasteiger partial charge in [0.05, 0.1) is 5.02 Å². The lowest BCUT2D eigenvalue weighted by molar-refractivity contribution is 0.0641. The molecule has 6 heteroatoms. The highest BCUT2D eigenvalue weighted by Gasteiger charge is 2.15. The van der Waals surface area contributed by atoms with E-state index in [1.54, 1.807) is 12.1 Å². The van der Waals surface area contributed by atoms with Crippen molar-refractivity contribution in [2.75, 3.05) is 39.3 Å². The summed E-state index contributed by atoms with van der Waals surface area (Å²) >= 11 is 9.39. The SMILES string of the molecule is OC(COc1cc(Br)ccc1Cl)CN1CCNCC1. The zero-order chi connectivity index (χ0) is 13.7. The van der Waals surface area contributed by atoms with Crippen molar-refractivity contribution < 1.29 is 9.84 Å². The van der Waals surface area contributed by atoms with E-state index in [9.17, 15) is 5.11 Å². The van der Waals surface area contributed by atoms with Gasteiger partial charge in [0.1, 0.15) is 18.5 Å². The van der Waals surface area contributed by atoms with Crippen molar-refractivity contribution in [3.8, 4) is 5.75 Å². The summed E-state index contributed by atoms with van der Waals surface area (Å²) in [5.41, 5.74) is 0. The number of halogens is 2. The summed E-state index contributed by atoms with van der Waals surface area (Å²) < 4.78 is 6.47. The van der Waals surface area contributed by atoms with Crippen LogP contribution in [-0.2, 0) is 0 Å². The van der Waals surface area contributed by atoms with Crippen LogP contribution in [-0.4, -0.2) is 55.4 Å². The molecule has 106 valence electrons. The smallest absolute Gasteiger partial charge is 0.139 e. The Bertz CT molecular complexity index is 414. The number of nitrogens with one attached hydrogen (secondary N) is 1. The van der Waals surface area contributed by atoms with Crippen LogP contribution in [0, 0.1) is 0 Å². The van der Waals surface area contributed by atoms with Crippen LogP contribution in [0.1, 0.15) is 0 Å². The van der Waals surface area contributed by atoms with Gasteiger partial charge in [0.15, 0.2) is 0 Å². The molecule has 1 aromatic carbocycles. The molecule has 0 bridgehead atoms. The van der Waals surface area contributed by atoms with Crippen molar-refractivity contribution >= 4 is 27.5 Å². The molecule has 1 atom stereocenters. The molecule has 0 radical (unpaired) electrons. The Morgan fingerprint density at radius 3 is 2.89 bits per heavy atom. The molecule has 0 aliphatic carbocycles. The second kappa shape index (κ2) is 7.45. The molecule has 1 aliphatic rings. The average molecular weight is 350 g/mol. The van der Waals surface area contributed by atoms with Gasteiger partial charge in [-0.25, -0.2) is 0 Å². The van der Waals surface area contributed by atoms with Crippen molar-refractivity contribution in [3.63, 3.8) is 0 Å². The lowest BCUT2D eigenvalue weighted by atomic mass is 10.3. The third-order valence-electron chi connectivity index (χ3n) is 3.00. The first kappa shape index (κ1) is 15.1. The maximum absolute atomic E-state index is 9.98. The zero-order valence-electron chi connectivity index (χ0n) is 10.6. The second-order valence-electron chi connectivity index (χ2n) is 4.59. The van der Waals surface area contributed by atoms with E-state index in [0.717, 1.165) is 30.7 Å². The first-order chi connectivity index (χ1) is 9.15. The minimum atomic E-state index is -0.506. The third kappa shape index (κ3) is 4.93. The minimum absolute atomic E-state index is 0.250. The molecule has 0 amide bonds. The van der Waals surface area contributed by atoms with Crippen molar-refractivity contribution in [2.45, 2.75) is 6.10 Å². The lowest BCUT2D eigenvalue weighted by Gasteiger charge is -2.29. The molecule has 1 aromatic rings. The first-order valence-corrected chi connectivity index (χ1v) is 7.51. The van der Waals surface area contributed by atoms with E-state index < -0.39 is 6.10 Å². The molecule has 2 rings (SSSR count). The molecule has 0 aromatic heterocycles. The quantitative estimate of drug-likeness (QED) is 0.850. The standard InChI is InChI=1S/C13H18BrClN2O2/c14-10-1-2-12(15)13(7-10)19-9-11(18)8-17-5-3-16-4-6-17/h1-2,7,11,16,18H,3-6,8-9H2.